The molecule has 0 aliphatic carbocycles. The first-order valence-corrected chi connectivity index (χ1v) is 9.33. The summed E-state index contributed by atoms with van der Waals surface area (Å²) < 4.78 is 15.3. The molecule has 0 unspecified atom stereocenters. The van der Waals surface area contributed by atoms with Gasteiger partial charge in [0.15, 0.2) is 5.82 Å². The molecule has 0 radical (unpaired) electrons. The van der Waals surface area contributed by atoms with E-state index in [1.165, 1.54) is 12.3 Å². The van der Waals surface area contributed by atoms with Gasteiger partial charge in [-0.2, -0.15) is 4.39 Å². The van der Waals surface area contributed by atoms with Crippen molar-refractivity contribution < 1.29 is 4.39 Å². The van der Waals surface area contributed by atoms with Crippen LogP contribution in [0.4, 0.5) is 15.9 Å². The molecule has 0 aliphatic rings. The van der Waals surface area contributed by atoms with E-state index in [1.807, 2.05) is 30.5 Å². The van der Waals surface area contributed by atoms with Gasteiger partial charge in [-0.25, -0.2) is 14.5 Å². The molecule has 0 fully saturated rings. The number of halogens is 1. The van der Waals surface area contributed by atoms with Crippen molar-refractivity contribution in [1.82, 2.24) is 29.9 Å². The van der Waals surface area contributed by atoms with Crippen LogP contribution in [0, 0.1) is 5.95 Å². The first-order chi connectivity index (χ1) is 14.2. The summed E-state index contributed by atoms with van der Waals surface area (Å²) in [4.78, 5) is 12.6. The standard InChI is InChI=1S/C20H21FN8/c21-17-12-15(5-10-25-17)26-20-18-14(13-23-8-3-7-22)6-11-29(18)28-19(27-20)16-4-1-2-9-24-16/h1-2,4-6,9-12,23H,3,7-8,13,22H2,(H,25,26,27,28). The molecule has 8 nitrogen and oxygen atoms in total. The highest BCUT2D eigenvalue weighted by atomic mass is 19.1. The number of nitrogens with two attached hydrogens (primary N) is 1. The molecule has 4 N–H and O–H groups in total. The average molecular weight is 392 g/mol. The molecule has 148 valence electrons. The Morgan fingerprint density at radius 1 is 1.10 bits per heavy atom. The summed E-state index contributed by atoms with van der Waals surface area (Å²) >= 11 is 0. The minimum absolute atomic E-state index is 0.466. The third-order valence-corrected chi connectivity index (χ3v) is 4.35. The van der Waals surface area contributed by atoms with Gasteiger partial charge in [0.2, 0.25) is 11.8 Å². The quantitative estimate of drug-likeness (QED) is 0.312. The van der Waals surface area contributed by atoms with Crippen molar-refractivity contribution in [3.05, 3.63) is 66.5 Å². The number of nitrogens with one attached hydrogen (secondary N) is 2. The lowest BCUT2D eigenvalue weighted by Gasteiger charge is -2.11. The Hall–Kier alpha value is -3.43. The lowest BCUT2D eigenvalue weighted by molar-refractivity contribution is 0.584. The molecule has 0 saturated carbocycles. The number of hydrogen-bond acceptors (Lipinski definition) is 7. The van der Waals surface area contributed by atoms with Gasteiger partial charge in [-0.3, -0.25) is 4.98 Å². The maximum Gasteiger partial charge on any atom is 0.214 e. The molecule has 9 heteroatoms. The van der Waals surface area contributed by atoms with Gasteiger partial charge in [0.05, 0.1) is 0 Å². The summed E-state index contributed by atoms with van der Waals surface area (Å²) in [5.41, 5.74) is 8.58. The van der Waals surface area contributed by atoms with Crippen LogP contribution in [-0.4, -0.2) is 37.7 Å². The predicted octanol–water partition coefficient (Wildman–Crippen LogP) is 2.51. The molecule has 0 aliphatic heterocycles. The molecule has 4 aromatic rings. The van der Waals surface area contributed by atoms with E-state index in [9.17, 15) is 4.39 Å². The number of anilines is 2. The highest BCUT2D eigenvalue weighted by molar-refractivity contribution is 5.77. The van der Waals surface area contributed by atoms with Gasteiger partial charge in [0.1, 0.15) is 11.2 Å². The van der Waals surface area contributed by atoms with Crippen molar-refractivity contribution in [2.75, 3.05) is 18.4 Å². The minimum Gasteiger partial charge on any atom is -0.338 e. The Balaban J connectivity index is 1.76. The summed E-state index contributed by atoms with van der Waals surface area (Å²) in [5.74, 6) is 0.462. The summed E-state index contributed by atoms with van der Waals surface area (Å²) in [5, 5.41) is 11.2. The Morgan fingerprint density at radius 2 is 2.03 bits per heavy atom. The van der Waals surface area contributed by atoms with E-state index < -0.39 is 5.95 Å². The summed E-state index contributed by atoms with van der Waals surface area (Å²) in [7, 11) is 0. The van der Waals surface area contributed by atoms with Crippen LogP contribution in [0.1, 0.15) is 12.0 Å². The lowest BCUT2D eigenvalue weighted by Crippen LogP contribution is -2.18. The van der Waals surface area contributed by atoms with E-state index in [-0.39, 0.29) is 0 Å². The number of aromatic nitrogens is 5. The van der Waals surface area contributed by atoms with E-state index in [2.05, 4.69) is 30.7 Å². The van der Waals surface area contributed by atoms with Crippen LogP contribution in [-0.2, 0) is 6.54 Å². The molecule has 0 aromatic carbocycles. The van der Waals surface area contributed by atoms with E-state index >= 15 is 0 Å². The van der Waals surface area contributed by atoms with Crippen molar-refractivity contribution in [3.63, 3.8) is 0 Å². The van der Waals surface area contributed by atoms with Gasteiger partial charge >= 0.3 is 0 Å². The highest BCUT2D eigenvalue weighted by Gasteiger charge is 2.15. The van der Waals surface area contributed by atoms with Gasteiger partial charge in [-0.05, 0) is 49.3 Å². The fourth-order valence-corrected chi connectivity index (χ4v) is 2.99. The molecule has 0 spiro atoms. The fraction of sp³-hybridized carbons (Fsp3) is 0.200. The Bertz CT molecular complexity index is 1100. The summed E-state index contributed by atoms with van der Waals surface area (Å²) in [6.45, 7) is 2.10. The first kappa shape index (κ1) is 18.9. The van der Waals surface area contributed by atoms with Crippen LogP contribution in [0.3, 0.4) is 0 Å². The summed E-state index contributed by atoms with van der Waals surface area (Å²) in [6.07, 6.45) is 5.87. The molecule has 0 atom stereocenters. The van der Waals surface area contributed by atoms with Crippen molar-refractivity contribution in [3.8, 4) is 11.5 Å². The molecular formula is C20H21FN8. The van der Waals surface area contributed by atoms with E-state index in [0.717, 1.165) is 24.0 Å². The lowest BCUT2D eigenvalue weighted by atomic mass is 10.2. The van der Waals surface area contributed by atoms with Crippen LogP contribution in [0.2, 0.25) is 0 Å². The van der Waals surface area contributed by atoms with Gasteiger partial charge < -0.3 is 16.4 Å². The van der Waals surface area contributed by atoms with Crippen molar-refractivity contribution in [1.29, 1.82) is 0 Å². The Labute approximate surface area is 167 Å². The number of fused-ring (bicyclic) bond motifs is 1. The van der Waals surface area contributed by atoms with Crippen LogP contribution >= 0.6 is 0 Å². The number of rotatable bonds is 8. The third kappa shape index (κ3) is 4.36. The monoisotopic (exact) mass is 392 g/mol. The normalized spacial score (nSPS) is 11.1. The van der Waals surface area contributed by atoms with E-state index in [0.29, 0.717) is 36.1 Å². The van der Waals surface area contributed by atoms with Crippen LogP contribution in [0.25, 0.3) is 17.0 Å². The van der Waals surface area contributed by atoms with Gasteiger partial charge in [0.25, 0.3) is 0 Å². The molecular weight excluding hydrogens is 371 g/mol. The topological polar surface area (TPSA) is 106 Å². The molecule has 4 heterocycles. The zero-order valence-electron chi connectivity index (χ0n) is 15.7. The Kier molecular flexibility index (Phi) is 5.68. The van der Waals surface area contributed by atoms with Crippen molar-refractivity contribution >= 4 is 17.0 Å². The molecule has 29 heavy (non-hydrogen) atoms. The maximum atomic E-state index is 13.6. The number of hydrogen-bond donors (Lipinski definition) is 3. The van der Waals surface area contributed by atoms with Crippen molar-refractivity contribution in [2.24, 2.45) is 5.73 Å². The second-order valence-electron chi connectivity index (χ2n) is 6.44. The first-order valence-electron chi connectivity index (χ1n) is 9.33. The molecule has 0 saturated heterocycles. The Morgan fingerprint density at radius 3 is 2.83 bits per heavy atom. The van der Waals surface area contributed by atoms with E-state index in [1.54, 1.807) is 16.8 Å². The highest BCUT2D eigenvalue weighted by Crippen LogP contribution is 2.26. The number of nitrogens with zero attached hydrogens (tertiary/aromatic N) is 5. The smallest absolute Gasteiger partial charge is 0.214 e. The second-order valence-corrected chi connectivity index (χ2v) is 6.44. The molecule has 0 bridgehead atoms. The van der Waals surface area contributed by atoms with Gasteiger partial charge in [-0.15, -0.1) is 5.10 Å². The molecule has 4 aromatic heterocycles. The van der Waals surface area contributed by atoms with Crippen LogP contribution in [0.5, 0.6) is 0 Å². The largest absolute Gasteiger partial charge is 0.338 e. The fourth-order valence-electron chi connectivity index (χ4n) is 2.99. The van der Waals surface area contributed by atoms with Crippen molar-refractivity contribution in [2.45, 2.75) is 13.0 Å². The van der Waals surface area contributed by atoms with E-state index in [4.69, 9.17) is 5.73 Å². The third-order valence-electron chi connectivity index (χ3n) is 4.35. The second kappa shape index (κ2) is 8.72. The maximum absolute atomic E-state index is 13.6. The minimum atomic E-state index is -0.566. The van der Waals surface area contributed by atoms with Gasteiger partial charge in [-0.1, -0.05) is 6.07 Å². The summed E-state index contributed by atoms with van der Waals surface area (Å²) in [6, 6.07) is 10.5. The zero-order chi connectivity index (χ0) is 20.1. The van der Waals surface area contributed by atoms with Gasteiger partial charge in [0, 0.05) is 36.9 Å². The zero-order valence-corrected chi connectivity index (χ0v) is 15.7. The SMILES string of the molecule is NCCCNCc1ccn2nc(-c3ccccn3)nc(Nc3ccnc(F)c3)c12. The number of pyridine rings is 2. The average Bonchev–Trinajstić information content (AvgIpc) is 3.15. The molecule has 4 rings (SSSR count). The van der Waals surface area contributed by atoms with Crippen LogP contribution in [0.15, 0.2) is 55.0 Å². The van der Waals surface area contributed by atoms with Crippen LogP contribution < -0.4 is 16.4 Å². The molecule has 0 amide bonds. The predicted molar refractivity (Wildman–Crippen MR) is 109 cm³/mol.